The normalized spacial score (nSPS) is 15.3. The molecular formula is C14H21BrN2S. The average Bonchev–Trinajstić information content (AvgIpc) is 3.12. The highest BCUT2D eigenvalue weighted by molar-refractivity contribution is 9.10. The Labute approximate surface area is 123 Å². The summed E-state index contributed by atoms with van der Waals surface area (Å²) >= 11 is 5.52. The van der Waals surface area contributed by atoms with Gasteiger partial charge in [0.1, 0.15) is 0 Å². The molecule has 0 radical (unpaired) electrons. The second-order valence-electron chi connectivity index (χ2n) is 5.06. The van der Waals surface area contributed by atoms with Crippen LogP contribution in [0.25, 0.3) is 0 Å². The first-order valence-electron chi connectivity index (χ1n) is 6.44. The van der Waals surface area contributed by atoms with E-state index in [9.17, 15) is 0 Å². The number of halogens is 1. The molecule has 100 valence electrons. The molecule has 0 aromatic heterocycles. The van der Waals surface area contributed by atoms with Crippen molar-refractivity contribution in [2.24, 2.45) is 0 Å². The lowest BCUT2D eigenvalue weighted by Crippen LogP contribution is -2.17. The number of nitrogens with one attached hydrogen (secondary N) is 1. The standard InChI is InChI=1S/C14H21BrN2S/c1-17(2)7-8-18-14-6-3-12(15)9-11(14)10-16-13-4-5-13/h3,6,9,13,16H,4-5,7-8,10H2,1-2H3. The van der Waals surface area contributed by atoms with Crippen LogP contribution in [0.2, 0.25) is 0 Å². The number of nitrogens with zero attached hydrogens (tertiary/aromatic N) is 1. The third-order valence-electron chi connectivity index (χ3n) is 2.98. The van der Waals surface area contributed by atoms with E-state index in [0.29, 0.717) is 0 Å². The maximum absolute atomic E-state index is 3.60. The number of benzene rings is 1. The van der Waals surface area contributed by atoms with Crippen LogP contribution in [0, 0.1) is 0 Å². The fourth-order valence-electron chi connectivity index (χ4n) is 1.71. The van der Waals surface area contributed by atoms with Crippen LogP contribution in [0.15, 0.2) is 27.6 Å². The van der Waals surface area contributed by atoms with Crippen molar-refractivity contribution in [2.45, 2.75) is 30.3 Å². The molecule has 1 fully saturated rings. The van der Waals surface area contributed by atoms with Gasteiger partial charge < -0.3 is 10.2 Å². The first-order chi connectivity index (χ1) is 8.65. The van der Waals surface area contributed by atoms with Gasteiger partial charge in [0.15, 0.2) is 0 Å². The summed E-state index contributed by atoms with van der Waals surface area (Å²) in [5.74, 6) is 1.14. The Hall–Kier alpha value is -0.0300. The van der Waals surface area contributed by atoms with Crippen LogP contribution in [0.5, 0.6) is 0 Å². The van der Waals surface area contributed by atoms with Crippen LogP contribution in [0.4, 0.5) is 0 Å². The summed E-state index contributed by atoms with van der Waals surface area (Å²) in [7, 11) is 4.25. The van der Waals surface area contributed by atoms with Crippen LogP contribution >= 0.6 is 27.7 Å². The Morgan fingerprint density at radius 1 is 1.39 bits per heavy atom. The molecule has 0 unspecified atom stereocenters. The molecule has 2 nitrogen and oxygen atoms in total. The van der Waals surface area contributed by atoms with Crippen molar-refractivity contribution in [3.8, 4) is 0 Å². The molecule has 0 saturated heterocycles. The fourth-order valence-corrected chi connectivity index (χ4v) is 3.27. The average molecular weight is 329 g/mol. The highest BCUT2D eigenvalue weighted by Gasteiger charge is 2.20. The lowest BCUT2D eigenvalue weighted by molar-refractivity contribution is 0.437. The van der Waals surface area contributed by atoms with E-state index in [2.05, 4.69) is 58.4 Å². The van der Waals surface area contributed by atoms with Crippen molar-refractivity contribution < 1.29 is 0 Å². The second kappa shape index (κ2) is 6.94. The quantitative estimate of drug-likeness (QED) is 0.773. The van der Waals surface area contributed by atoms with Crippen LogP contribution in [-0.2, 0) is 6.54 Å². The largest absolute Gasteiger partial charge is 0.310 e. The first kappa shape index (κ1) is 14.4. The molecule has 0 atom stereocenters. The zero-order chi connectivity index (χ0) is 13.0. The highest BCUT2D eigenvalue weighted by atomic mass is 79.9. The van der Waals surface area contributed by atoms with Crippen LogP contribution in [0.3, 0.4) is 0 Å². The molecule has 1 N–H and O–H groups in total. The van der Waals surface area contributed by atoms with Crippen molar-refractivity contribution >= 4 is 27.7 Å². The third kappa shape index (κ3) is 4.92. The predicted molar refractivity (Wildman–Crippen MR) is 83.3 cm³/mol. The second-order valence-corrected chi connectivity index (χ2v) is 7.11. The maximum atomic E-state index is 3.60. The Morgan fingerprint density at radius 2 is 2.17 bits per heavy atom. The minimum atomic E-state index is 0.767. The number of rotatable bonds is 7. The lowest BCUT2D eigenvalue weighted by Gasteiger charge is -2.13. The van der Waals surface area contributed by atoms with E-state index in [1.165, 1.54) is 27.8 Å². The summed E-state index contributed by atoms with van der Waals surface area (Å²) in [6.45, 7) is 2.12. The van der Waals surface area contributed by atoms with Gasteiger partial charge in [-0.25, -0.2) is 0 Å². The number of hydrogen-bond acceptors (Lipinski definition) is 3. The van der Waals surface area contributed by atoms with E-state index in [1.54, 1.807) is 0 Å². The number of hydrogen-bond donors (Lipinski definition) is 1. The van der Waals surface area contributed by atoms with Gasteiger partial charge in [0, 0.05) is 34.3 Å². The summed E-state index contributed by atoms with van der Waals surface area (Å²) in [5.41, 5.74) is 1.42. The van der Waals surface area contributed by atoms with Crippen molar-refractivity contribution in [3.05, 3.63) is 28.2 Å². The lowest BCUT2D eigenvalue weighted by atomic mass is 10.2. The molecule has 1 aromatic carbocycles. The molecule has 2 rings (SSSR count). The van der Waals surface area contributed by atoms with E-state index in [-0.39, 0.29) is 0 Å². The van der Waals surface area contributed by atoms with Crippen LogP contribution in [-0.4, -0.2) is 37.3 Å². The summed E-state index contributed by atoms with van der Waals surface area (Å²) in [6, 6.07) is 7.38. The molecule has 0 bridgehead atoms. The molecule has 18 heavy (non-hydrogen) atoms. The minimum absolute atomic E-state index is 0.767. The van der Waals surface area contributed by atoms with E-state index < -0.39 is 0 Å². The molecule has 0 aliphatic heterocycles. The van der Waals surface area contributed by atoms with Crippen molar-refractivity contribution in [3.63, 3.8) is 0 Å². The Kier molecular flexibility index (Phi) is 5.55. The summed E-state index contributed by atoms with van der Waals surface area (Å²) < 4.78 is 1.17. The topological polar surface area (TPSA) is 15.3 Å². The smallest absolute Gasteiger partial charge is 0.0219 e. The summed E-state index contributed by atoms with van der Waals surface area (Å²) in [5, 5.41) is 3.60. The maximum Gasteiger partial charge on any atom is 0.0219 e. The van der Waals surface area contributed by atoms with Crippen LogP contribution in [0.1, 0.15) is 18.4 Å². The van der Waals surface area contributed by atoms with Crippen molar-refractivity contribution in [2.75, 3.05) is 26.4 Å². The molecule has 1 aromatic rings. The minimum Gasteiger partial charge on any atom is -0.310 e. The van der Waals surface area contributed by atoms with Gasteiger partial charge in [0.05, 0.1) is 0 Å². The van der Waals surface area contributed by atoms with E-state index >= 15 is 0 Å². The van der Waals surface area contributed by atoms with Gasteiger partial charge >= 0.3 is 0 Å². The molecule has 0 spiro atoms. The van der Waals surface area contributed by atoms with E-state index in [0.717, 1.165) is 24.9 Å². The fraction of sp³-hybridized carbons (Fsp3) is 0.571. The van der Waals surface area contributed by atoms with Gasteiger partial charge in [-0.05, 0) is 50.7 Å². The Morgan fingerprint density at radius 3 is 2.83 bits per heavy atom. The molecule has 1 aliphatic carbocycles. The predicted octanol–water partition coefficient (Wildman–Crippen LogP) is 3.35. The summed E-state index contributed by atoms with van der Waals surface area (Å²) in [6.07, 6.45) is 2.69. The Balaban J connectivity index is 1.93. The van der Waals surface area contributed by atoms with Gasteiger partial charge in [-0.2, -0.15) is 0 Å². The van der Waals surface area contributed by atoms with Gasteiger partial charge in [-0.3, -0.25) is 0 Å². The van der Waals surface area contributed by atoms with Gasteiger partial charge in [0.2, 0.25) is 0 Å². The van der Waals surface area contributed by atoms with E-state index in [1.807, 2.05) is 11.8 Å². The van der Waals surface area contributed by atoms with Crippen molar-refractivity contribution in [1.29, 1.82) is 0 Å². The van der Waals surface area contributed by atoms with Gasteiger partial charge in [0.25, 0.3) is 0 Å². The highest BCUT2D eigenvalue weighted by Crippen LogP contribution is 2.27. The molecule has 1 aliphatic rings. The zero-order valence-corrected chi connectivity index (χ0v) is 13.5. The molecule has 4 heteroatoms. The zero-order valence-electron chi connectivity index (χ0n) is 11.1. The van der Waals surface area contributed by atoms with Gasteiger partial charge in [-0.15, -0.1) is 11.8 Å². The molecule has 0 amide bonds. The van der Waals surface area contributed by atoms with Gasteiger partial charge in [-0.1, -0.05) is 15.9 Å². The summed E-state index contributed by atoms with van der Waals surface area (Å²) in [4.78, 5) is 3.64. The van der Waals surface area contributed by atoms with Crippen molar-refractivity contribution in [1.82, 2.24) is 10.2 Å². The molecule has 0 heterocycles. The molecular weight excluding hydrogens is 308 g/mol. The van der Waals surface area contributed by atoms with E-state index in [4.69, 9.17) is 0 Å². The Bertz CT molecular complexity index is 391. The monoisotopic (exact) mass is 328 g/mol. The van der Waals surface area contributed by atoms with Crippen LogP contribution < -0.4 is 5.32 Å². The first-order valence-corrected chi connectivity index (χ1v) is 8.22. The SMILES string of the molecule is CN(C)CCSc1ccc(Br)cc1CNC1CC1. The number of thioether (sulfide) groups is 1. The third-order valence-corrected chi connectivity index (χ3v) is 4.57. The molecule has 1 saturated carbocycles.